The number of nitrogens with zero attached hydrogens (tertiary/aromatic N) is 1. The average Bonchev–Trinajstić information content (AvgIpc) is 3.98. The van der Waals surface area contributed by atoms with Crippen LogP contribution in [0.3, 0.4) is 0 Å². The van der Waals surface area contributed by atoms with E-state index in [0.29, 0.717) is 0 Å². The minimum absolute atomic E-state index is 0.824. The largest absolute Gasteiger partial charge is 0.455 e. The highest BCUT2D eigenvalue weighted by molar-refractivity contribution is 7.26. The first-order valence-corrected chi connectivity index (χ1v) is 18.6. The highest BCUT2D eigenvalue weighted by atomic mass is 32.1. The Bertz CT molecular complexity index is 3300. The van der Waals surface area contributed by atoms with E-state index >= 15 is 0 Å². The van der Waals surface area contributed by atoms with Crippen LogP contribution in [0.4, 0.5) is 17.1 Å². The van der Waals surface area contributed by atoms with E-state index in [4.69, 9.17) is 13.3 Å². The fourth-order valence-electron chi connectivity index (χ4n) is 8.31. The second kappa shape index (κ2) is 10.8. The molecule has 4 aromatic heterocycles. The van der Waals surface area contributed by atoms with Crippen LogP contribution in [0.2, 0.25) is 0 Å². The quantitative estimate of drug-likeness (QED) is 0.184. The first-order valence-electron chi connectivity index (χ1n) is 17.7. The average molecular weight is 698 g/mol. The van der Waals surface area contributed by atoms with E-state index in [1.54, 1.807) is 0 Å². The monoisotopic (exact) mass is 697 g/mol. The molecule has 0 amide bonds. The van der Waals surface area contributed by atoms with Crippen LogP contribution in [0.25, 0.3) is 97.1 Å². The molecule has 0 fully saturated rings. The van der Waals surface area contributed by atoms with E-state index in [-0.39, 0.29) is 0 Å². The summed E-state index contributed by atoms with van der Waals surface area (Å²) in [5.41, 5.74) is 10.2. The third-order valence-electron chi connectivity index (χ3n) is 10.7. The van der Waals surface area contributed by atoms with Gasteiger partial charge in [0.1, 0.15) is 22.3 Å². The van der Waals surface area contributed by atoms with Crippen LogP contribution < -0.4 is 4.90 Å². The second-order valence-electron chi connectivity index (χ2n) is 13.6. The smallest absolute Gasteiger partial charge is 0.159 e. The lowest BCUT2D eigenvalue weighted by atomic mass is 10.0. The highest BCUT2D eigenvalue weighted by Crippen LogP contribution is 2.47. The number of fused-ring (bicyclic) bond motifs is 13. The van der Waals surface area contributed by atoms with Crippen molar-refractivity contribution in [1.29, 1.82) is 0 Å². The van der Waals surface area contributed by atoms with Gasteiger partial charge in [-0.05, 0) is 60.2 Å². The number of hydrogen-bond donors (Lipinski definition) is 0. The van der Waals surface area contributed by atoms with Gasteiger partial charge in [-0.3, -0.25) is 0 Å². The van der Waals surface area contributed by atoms with Crippen molar-refractivity contribution in [3.63, 3.8) is 0 Å². The van der Waals surface area contributed by atoms with Crippen LogP contribution in [-0.2, 0) is 0 Å². The zero-order valence-electron chi connectivity index (χ0n) is 28.2. The number of furan rings is 3. The van der Waals surface area contributed by atoms with Gasteiger partial charge in [0, 0.05) is 63.7 Å². The molecule has 4 nitrogen and oxygen atoms in total. The minimum Gasteiger partial charge on any atom is -0.455 e. The van der Waals surface area contributed by atoms with Crippen molar-refractivity contribution in [3.8, 4) is 11.1 Å². The second-order valence-corrected chi connectivity index (χ2v) is 14.7. The molecule has 4 heterocycles. The summed E-state index contributed by atoms with van der Waals surface area (Å²) in [6, 6.07) is 57.4. The molecular weight excluding hydrogens is 671 g/mol. The Morgan fingerprint density at radius 1 is 0.358 bits per heavy atom. The molecule has 53 heavy (non-hydrogen) atoms. The fourth-order valence-corrected chi connectivity index (χ4v) is 9.41. The van der Waals surface area contributed by atoms with Gasteiger partial charge >= 0.3 is 0 Å². The van der Waals surface area contributed by atoms with Gasteiger partial charge in [0.2, 0.25) is 0 Å². The molecule has 0 aliphatic heterocycles. The van der Waals surface area contributed by atoms with Crippen molar-refractivity contribution < 1.29 is 13.3 Å². The topological polar surface area (TPSA) is 42.7 Å². The lowest BCUT2D eigenvalue weighted by Crippen LogP contribution is -2.10. The van der Waals surface area contributed by atoms with Crippen molar-refractivity contribution in [2.45, 2.75) is 0 Å². The molecule has 0 spiro atoms. The molecule has 248 valence electrons. The van der Waals surface area contributed by atoms with E-state index in [9.17, 15) is 0 Å². The number of anilines is 3. The van der Waals surface area contributed by atoms with Crippen LogP contribution in [-0.4, -0.2) is 0 Å². The number of para-hydroxylation sites is 5. The Kier molecular flexibility index (Phi) is 5.90. The van der Waals surface area contributed by atoms with E-state index in [2.05, 4.69) is 144 Å². The molecule has 12 rings (SSSR count). The molecule has 0 aliphatic carbocycles. The minimum atomic E-state index is 0.824. The lowest BCUT2D eigenvalue weighted by Gasteiger charge is -2.25. The van der Waals surface area contributed by atoms with Crippen molar-refractivity contribution >= 4 is 114 Å². The SMILES string of the molecule is c1ccc2c(c1)oc1c(N(c3ccc(-c4cccc5c4oc4c5ccc5sc6ccccc6c54)cc3)c3cccc4c3oc3ccccc34)cccc12. The molecule has 0 bridgehead atoms. The summed E-state index contributed by atoms with van der Waals surface area (Å²) < 4.78 is 22.6. The molecule has 0 radical (unpaired) electrons. The molecule has 0 aliphatic rings. The summed E-state index contributed by atoms with van der Waals surface area (Å²) >= 11 is 1.81. The van der Waals surface area contributed by atoms with Crippen LogP contribution >= 0.6 is 11.3 Å². The van der Waals surface area contributed by atoms with Gasteiger partial charge in [-0.1, -0.05) is 109 Å². The molecule has 0 unspecified atom stereocenters. The number of thiophene rings is 1. The summed E-state index contributed by atoms with van der Waals surface area (Å²) in [5.74, 6) is 0. The zero-order valence-corrected chi connectivity index (χ0v) is 29.0. The molecular formula is C48H27NO3S. The summed E-state index contributed by atoms with van der Waals surface area (Å²) in [7, 11) is 0. The van der Waals surface area contributed by atoms with Crippen molar-refractivity contribution in [2.75, 3.05) is 4.90 Å². The standard InChI is InChI=1S/C48H27NO3S/c1-4-19-40-31(10-1)33-15-8-17-38(46(33)50-40)49(39-18-9-16-34-32-11-2-5-20-41(32)51-47(34)39)29-24-22-28(23-25-29)30-13-7-14-35-36-26-27-43-44(48(36)52-45(30)35)37-12-3-6-21-42(37)53-43/h1-27H. The van der Waals surface area contributed by atoms with Crippen LogP contribution in [0, 0.1) is 0 Å². The van der Waals surface area contributed by atoms with Crippen molar-refractivity contribution in [3.05, 3.63) is 164 Å². The van der Waals surface area contributed by atoms with Gasteiger partial charge in [0.05, 0.1) is 11.4 Å². The third kappa shape index (κ3) is 4.11. The first-order chi connectivity index (χ1) is 26.3. The molecule has 0 N–H and O–H groups in total. The maximum Gasteiger partial charge on any atom is 0.159 e. The Labute approximate surface area is 306 Å². The van der Waals surface area contributed by atoms with Crippen LogP contribution in [0.1, 0.15) is 0 Å². The van der Waals surface area contributed by atoms with Crippen LogP contribution in [0.15, 0.2) is 177 Å². The van der Waals surface area contributed by atoms with Crippen molar-refractivity contribution in [1.82, 2.24) is 0 Å². The Morgan fingerprint density at radius 3 is 1.58 bits per heavy atom. The van der Waals surface area contributed by atoms with E-state index in [0.717, 1.165) is 94.0 Å². The van der Waals surface area contributed by atoms with Gasteiger partial charge in [-0.15, -0.1) is 11.3 Å². The molecule has 12 aromatic rings. The van der Waals surface area contributed by atoms with Gasteiger partial charge in [0.25, 0.3) is 0 Å². The summed E-state index contributed by atoms with van der Waals surface area (Å²) in [6.45, 7) is 0. The summed E-state index contributed by atoms with van der Waals surface area (Å²) in [4.78, 5) is 2.26. The number of rotatable bonds is 4. The number of benzene rings is 8. The summed E-state index contributed by atoms with van der Waals surface area (Å²) in [5, 5.41) is 9.01. The lowest BCUT2D eigenvalue weighted by molar-refractivity contribution is 0.666. The van der Waals surface area contributed by atoms with E-state index in [1.807, 2.05) is 35.6 Å². The first kappa shape index (κ1) is 28.8. The Hall–Kier alpha value is -6.82. The maximum absolute atomic E-state index is 6.86. The molecule has 0 saturated heterocycles. The van der Waals surface area contributed by atoms with Gasteiger partial charge in [0.15, 0.2) is 11.2 Å². The maximum atomic E-state index is 6.86. The number of hydrogen-bond acceptors (Lipinski definition) is 5. The normalized spacial score (nSPS) is 12.2. The Balaban J connectivity index is 1.06. The fraction of sp³-hybridized carbons (Fsp3) is 0. The predicted octanol–water partition coefficient (Wildman–Crippen LogP) is 14.9. The third-order valence-corrected chi connectivity index (χ3v) is 11.8. The van der Waals surface area contributed by atoms with Gasteiger partial charge in [-0.2, -0.15) is 0 Å². The van der Waals surface area contributed by atoms with E-state index in [1.165, 1.54) is 20.2 Å². The summed E-state index contributed by atoms with van der Waals surface area (Å²) in [6.07, 6.45) is 0. The molecule has 8 aromatic carbocycles. The molecule has 0 saturated carbocycles. The van der Waals surface area contributed by atoms with Crippen LogP contribution in [0.5, 0.6) is 0 Å². The van der Waals surface area contributed by atoms with Gasteiger partial charge < -0.3 is 18.2 Å². The molecule has 5 heteroatoms. The van der Waals surface area contributed by atoms with Crippen molar-refractivity contribution in [2.24, 2.45) is 0 Å². The zero-order chi connectivity index (χ0) is 34.6. The predicted molar refractivity (Wildman–Crippen MR) is 221 cm³/mol. The van der Waals surface area contributed by atoms with Gasteiger partial charge in [-0.25, -0.2) is 0 Å². The Morgan fingerprint density at radius 2 is 0.906 bits per heavy atom. The highest BCUT2D eigenvalue weighted by Gasteiger charge is 2.24. The molecule has 0 atom stereocenters. The van der Waals surface area contributed by atoms with E-state index < -0.39 is 0 Å².